The number of allylic oxidation sites excluding steroid dienone is 5. The molecule has 0 bridgehead atoms. The van der Waals surface area contributed by atoms with E-state index in [0.717, 1.165) is 44.9 Å². The Kier molecular flexibility index (Phi) is 48.0. The van der Waals surface area contributed by atoms with Gasteiger partial charge in [-0.05, 0) is 57.8 Å². The molecule has 1 amide bonds. The fourth-order valence-electron chi connectivity index (χ4n) is 8.12. The maximum atomic E-state index is 12.5. The summed E-state index contributed by atoms with van der Waals surface area (Å²) in [6, 6.07) is -0.764. The second-order valence-electron chi connectivity index (χ2n) is 18.1. The SMILES string of the molecule is CCCCCCCCCCCC/C=C\CCCCCCCC(O)CC(=O)NC(CO)C(O)/C=C/CC/C=C/CCCCCCCCCCCCCCCCCCCCC. The van der Waals surface area contributed by atoms with Crippen LogP contribution >= 0.6 is 0 Å². The van der Waals surface area contributed by atoms with Crippen LogP contribution in [0.4, 0.5) is 0 Å². The summed E-state index contributed by atoms with van der Waals surface area (Å²) in [7, 11) is 0. The number of hydrogen-bond donors (Lipinski definition) is 4. The molecule has 0 aromatic rings. The topological polar surface area (TPSA) is 89.8 Å². The van der Waals surface area contributed by atoms with Crippen LogP contribution in [0.3, 0.4) is 0 Å². The molecule has 3 unspecified atom stereocenters. The van der Waals surface area contributed by atoms with E-state index in [1.54, 1.807) is 6.08 Å². The van der Waals surface area contributed by atoms with E-state index in [-0.39, 0.29) is 18.9 Å². The van der Waals surface area contributed by atoms with Gasteiger partial charge >= 0.3 is 0 Å². The summed E-state index contributed by atoms with van der Waals surface area (Å²) in [4.78, 5) is 12.5. The minimum Gasteiger partial charge on any atom is -0.394 e. The third-order valence-corrected chi connectivity index (χ3v) is 12.1. The van der Waals surface area contributed by atoms with Gasteiger partial charge in [-0.15, -0.1) is 0 Å². The van der Waals surface area contributed by atoms with Crippen LogP contribution in [0.25, 0.3) is 0 Å². The molecule has 0 aromatic carbocycles. The predicted octanol–water partition coefficient (Wildman–Crippen LogP) is 15.9. The van der Waals surface area contributed by atoms with Crippen molar-refractivity contribution in [1.82, 2.24) is 5.32 Å². The Bertz CT molecular complexity index is 916. The molecule has 59 heavy (non-hydrogen) atoms. The summed E-state index contributed by atoms with van der Waals surface area (Å²) < 4.78 is 0. The highest BCUT2D eigenvalue weighted by Crippen LogP contribution is 2.16. The van der Waals surface area contributed by atoms with Crippen LogP contribution in [-0.2, 0) is 4.79 Å². The molecule has 0 saturated heterocycles. The second-order valence-corrected chi connectivity index (χ2v) is 18.1. The lowest BCUT2D eigenvalue weighted by atomic mass is 10.0. The average molecular weight is 830 g/mol. The highest BCUT2D eigenvalue weighted by atomic mass is 16.3. The van der Waals surface area contributed by atoms with E-state index in [2.05, 4.69) is 43.5 Å². The lowest BCUT2D eigenvalue weighted by molar-refractivity contribution is -0.124. The molecule has 0 aliphatic heterocycles. The van der Waals surface area contributed by atoms with Gasteiger partial charge in [0.15, 0.2) is 0 Å². The van der Waals surface area contributed by atoms with Crippen LogP contribution in [0, 0.1) is 0 Å². The van der Waals surface area contributed by atoms with E-state index < -0.39 is 18.2 Å². The number of aliphatic hydroxyl groups is 3. The summed E-state index contributed by atoms with van der Waals surface area (Å²) in [5, 5.41) is 33.4. The molecule has 0 heterocycles. The van der Waals surface area contributed by atoms with Crippen molar-refractivity contribution in [3.8, 4) is 0 Å². The van der Waals surface area contributed by atoms with Crippen molar-refractivity contribution in [3.05, 3.63) is 36.5 Å². The van der Waals surface area contributed by atoms with Gasteiger partial charge in [0.2, 0.25) is 5.91 Å². The van der Waals surface area contributed by atoms with Crippen LogP contribution in [-0.4, -0.2) is 46.1 Å². The normalized spacial score (nSPS) is 13.6. The average Bonchev–Trinajstić information content (AvgIpc) is 3.23. The van der Waals surface area contributed by atoms with E-state index in [1.807, 2.05) is 6.08 Å². The van der Waals surface area contributed by atoms with Crippen molar-refractivity contribution in [1.29, 1.82) is 0 Å². The van der Waals surface area contributed by atoms with Crippen LogP contribution < -0.4 is 5.32 Å². The summed E-state index contributed by atoms with van der Waals surface area (Å²) in [6.45, 7) is 4.22. The molecular formula is C54H103NO4. The van der Waals surface area contributed by atoms with Crippen LogP contribution in [0.2, 0.25) is 0 Å². The lowest BCUT2D eigenvalue weighted by Gasteiger charge is -2.20. The predicted molar refractivity (Wildman–Crippen MR) is 259 cm³/mol. The smallest absolute Gasteiger partial charge is 0.222 e. The van der Waals surface area contributed by atoms with E-state index in [1.165, 1.54) is 205 Å². The molecule has 348 valence electrons. The third-order valence-electron chi connectivity index (χ3n) is 12.1. The van der Waals surface area contributed by atoms with E-state index >= 15 is 0 Å². The summed E-state index contributed by atoms with van der Waals surface area (Å²) in [5.74, 6) is -0.327. The number of carbonyl (C=O) groups is 1. The summed E-state index contributed by atoms with van der Waals surface area (Å²) in [6.07, 6.45) is 63.2. The maximum Gasteiger partial charge on any atom is 0.222 e. The highest BCUT2D eigenvalue weighted by molar-refractivity contribution is 5.76. The number of rotatable bonds is 48. The quantitative estimate of drug-likeness (QED) is 0.0363. The number of aliphatic hydroxyl groups excluding tert-OH is 3. The molecule has 0 aliphatic rings. The van der Waals surface area contributed by atoms with E-state index in [0.29, 0.717) is 6.42 Å². The molecule has 0 aliphatic carbocycles. The minimum atomic E-state index is -0.954. The van der Waals surface area contributed by atoms with E-state index in [9.17, 15) is 20.1 Å². The van der Waals surface area contributed by atoms with Crippen molar-refractivity contribution >= 4 is 5.91 Å². The summed E-state index contributed by atoms with van der Waals surface area (Å²) in [5.41, 5.74) is 0. The molecule has 0 aromatic heterocycles. The van der Waals surface area contributed by atoms with Crippen molar-refractivity contribution in [3.63, 3.8) is 0 Å². The fraction of sp³-hybridized carbons (Fsp3) is 0.870. The number of nitrogens with one attached hydrogen (secondary N) is 1. The Balaban J connectivity index is 3.64. The first kappa shape index (κ1) is 57.6. The monoisotopic (exact) mass is 830 g/mol. The zero-order valence-electron chi connectivity index (χ0n) is 39.6. The van der Waals surface area contributed by atoms with Crippen LogP contribution in [0.1, 0.15) is 277 Å². The zero-order valence-corrected chi connectivity index (χ0v) is 39.6. The Labute approximate surface area is 368 Å². The van der Waals surface area contributed by atoms with Gasteiger partial charge in [0.25, 0.3) is 0 Å². The zero-order chi connectivity index (χ0) is 43.0. The van der Waals surface area contributed by atoms with Gasteiger partial charge in [0.05, 0.1) is 31.3 Å². The number of carbonyl (C=O) groups excluding carboxylic acids is 1. The van der Waals surface area contributed by atoms with Crippen LogP contribution in [0.15, 0.2) is 36.5 Å². The minimum absolute atomic E-state index is 0.00107. The Morgan fingerprint density at radius 1 is 0.424 bits per heavy atom. The Morgan fingerprint density at radius 3 is 1.08 bits per heavy atom. The molecule has 5 heteroatoms. The molecule has 0 fully saturated rings. The van der Waals surface area contributed by atoms with Crippen molar-refractivity contribution in [2.75, 3.05) is 6.61 Å². The molecule has 0 radical (unpaired) electrons. The maximum absolute atomic E-state index is 12.5. The molecular weight excluding hydrogens is 727 g/mol. The molecule has 0 saturated carbocycles. The molecule has 5 nitrogen and oxygen atoms in total. The molecule has 4 N–H and O–H groups in total. The first-order chi connectivity index (χ1) is 29.0. The van der Waals surface area contributed by atoms with Crippen molar-refractivity contribution in [2.45, 2.75) is 295 Å². The second kappa shape index (κ2) is 49.2. The highest BCUT2D eigenvalue weighted by Gasteiger charge is 2.20. The van der Waals surface area contributed by atoms with E-state index in [4.69, 9.17) is 0 Å². The van der Waals surface area contributed by atoms with Gasteiger partial charge < -0.3 is 20.6 Å². The van der Waals surface area contributed by atoms with Gasteiger partial charge in [0.1, 0.15) is 0 Å². The first-order valence-electron chi connectivity index (χ1n) is 26.3. The van der Waals surface area contributed by atoms with Gasteiger partial charge in [-0.25, -0.2) is 0 Å². The van der Waals surface area contributed by atoms with Gasteiger partial charge in [-0.1, -0.05) is 249 Å². The van der Waals surface area contributed by atoms with Crippen molar-refractivity contribution < 1.29 is 20.1 Å². The number of hydrogen-bond acceptors (Lipinski definition) is 4. The fourth-order valence-corrected chi connectivity index (χ4v) is 8.12. The largest absolute Gasteiger partial charge is 0.394 e. The van der Waals surface area contributed by atoms with Crippen molar-refractivity contribution in [2.24, 2.45) is 0 Å². The van der Waals surface area contributed by atoms with Gasteiger partial charge in [0, 0.05) is 0 Å². The molecule has 0 rings (SSSR count). The first-order valence-corrected chi connectivity index (χ1v) is 26.3. The van der Waals surface area contributed by atoms with Gasteiger partial charge in [-0.2, -0.15) is 0 Å². The number of amides is 1. The van der Waals surface area contributed by atoms with Gasteiger partial charge in [-0.3, -0.25) is 4.79 Å². The summed E-state index contributed by atoms with van der Waals surface area (Å²) >= 11 is 0. The Hall–Kier alpha value is -1.43. The Morgan fingerprint density at radius 2 is 0.729 bits per heavy atom. The lowest BCUT2D eigenvalue weighted by Crippen LogP contribution is -2.45. The number of unbranched alkanes of at least 4 members (excludes halogenated alkanes) is 35. The molecule has 3 atom stereocenters. The van der Waals surface area contributed by atoms with Crippen LogP contribution in [0.5, 0.6) is 0 Å². The molecule has 0 spiro atoms. The standard InChI is InChI=1S/C54H103NO4/c1-3-5-7-9-11-13-15-17-19-21-23-24-25-26-27-28-30-32-34-36-38-40-42-44-46-48-53(58)52(50-56)55-54(59)49-51(57)47-45-43-41-39-37-35-33-31-29-22-20-18-16-14-12-10-8-6-4-2/h31,33,38,40,46,48,51-53,56-58H,3-30,32,34-37,39,41-45,47,49-50H2,1-2H3,(H,55,59)/b33-31-,40-38+,48-46+. The third kappa shape index (κ3) is 45.9.